The van der Waals surface area contributed by atoms with Crippen molar-refractivity contribution in [3.05, 3.63) is 23.8 Å². The molecule has 0 saturated carbocycles. The van der Waals surface area contributed by atoms with Gasteiger partial charge in [0.1, 0.15) is 11.6 Å². The van der Waals surface area contributed by atoms with Crippen molar-refractivity contribution in [3.8, 4) is 0 Å². The molecule has 4 N–H and O–H groups in total. The minimum absolute atomic E-state index is 0.0411. The normalized spacial score (nSPS) is 30.2. The van der Waals surface area contributed by atoms with Crippen LogP contribution in [0.4, 0.5) is 0 Å². The van der Waals surface area contributed by atoms with Crippen molar-refractivity contribution in [2.45, 2.75) is 487 Å². The summed E-state index contributed by atoms with van der Waals surface area (Å²) in [5.41, 5.74) is 7.06. The Bertz CT molecular complexity index is 2910. The molecule has 0 atom stereocenters. The maximum Gasteiger partial charge on any atom is 0.157 e. The van der Waals surface area contributed by atoms with E-state index in [1.807, 2.05) is 10.6 Å². The molecule has 0 spiro atoms. The van der Waals surface area contributed by atoms with Gasteiger partial charge in [0.2, 0.25) is 0 Å². The Kier molecular flexibility index (Phi) is 24.3. The topological polar surface area (TPSA) is 130 Å². The highest BCUT2D eigenvalue weighted by Crippen LogP contribution is 2.50. The Balaban J connectivity index is 1.03. The van der Waals surface area contributed by atoms with Crippen LogP contribution in [0, 0.1) is 0 Å². The van der Waals surface area contributed by atoms with Crippen LogP contribution in [0.25, 0.3) is 0 Å². The SMILES string of the molecule is CN1C(C)(C)CC(ON2N=C(N(C3CC(C)(C)N(C)C(C)(C)C3)C3CC(C)(C)N(C)C(C)(C)C3)C=C(N(CCCCCCN(C3=CC(N(C4CC(C)(C)N(C)C(C)(C)C4)C4CC(C)(C)N(C)C(C)(C)C4)=NN(OC4CC(C)(C)N(C)C(C)(C)C4)N3)C3CC(C)(C)NC(C)(C)C3)C3CC(C)(C)NC(C)(C)C3)N2)CC1(C)C. The van der Waals surface area contributed by atoms with Crippen LogP contribution >= 0.6 is 0 Å². The molecule has 8 fully saturated rings. The maximum absolute atomic E-state index is 7.49. The van der Waals surface area contributed by atoms with Crippen LogP contribution in [0.15, 0.2) is 34.0 Å². The van der Waals surface area contributed by atoms with E-state index >= 15 is 0 Å². The fourth-order valence-corrected chi connectivity index (χ4v) is 24.7. The van der Waals surface area contributed by atoms with Gasteiger partial charge in [-0.15, -0.1) is 10.2 Å². The summed E-state index contributed by atoms with van der Waals surface area (Å²) in [4.78, 5) is 42.0. The van der Waals surface area contributed by atoms with Crippen LogP contribution in [0.5, 0.6) is 0 Å². The first-order valence-corrected chi connectivity index (χ1v) is 43.9. The second-order valence-electron chi connectivity index (χ2n) is 47.9. The monoisotopic (exact) mass is 1540 g/mol. The number of nitrogens with one attached hydrogen (secondary N) is 4. The zero-order chi connectivity index (χ0) is 82.5. The summed E-state index contributed by atoms with van der Waals surface area (Å²) in [5.74, 6) is 4.26. The Morgan fingerprint density at radius 1 is 0.291 bits per heavy atom. The quantitative estimate of drug-likeness (QED) is 0.0914. The number of hydrogen-bond donors (Lipinski definition) is 4. The minimum atomic E-state index is -0.0902. The lowest BCUT2D eigenvalue weighted by Crippen LogP contribution is -2.68. The Morgan fingerprint density at radius 2 is 0.491 bits per heavy atom. The van der Waals surface area contributed by atoms with Gasteiger partial charge < -0.3 is 30.2 Å². The third-order valence-corrected chi connectivity index (χ3v) is 31.0. The zero-order valence-electron chi connectivity index (χ0n) is 78.4. The minimum Gasteiger partial charge on any atom is -0.354 e. The summed E-state index contributed by atoms with van der Waals surface area (Å²) in [5, 5.41) is 23.6. The van der Waals surface area contributed by atoms with E-state index in [9.17, 15) is 0 Å². The molecule has 8 saturated heterocycles. The van der Waals surface area contributed by atoms with Crippen LogP contribution in [0.3, 0.4) is 0 Å². The number of hydrogen-bond acceptors (Lipinski definition) is 20. The number of amidine groups is 2. The van der Waals surface area contributed by atoms with Crippen molar-refractivity contribution in [1.29, 1.82) is 0 Å². The highest BCUT2D eigenvalue weighted by Gasteiger charge is 2.56. The lowest BCUT2D eigenvalue weighted by atomic mass is 9.73. The second-order valence-corrected chi connectivity index (χ2v) is 47.9. The van der Waals surface area contributed by atoms with E-state index in [-0.39, 0.29) is 137 Å². The van der Waals surface area contributed by atoms with Crippen molar-refractivity contribution >= 4 is 11.7 Å². The standard InChI is InChI=1S/C90H172N18O2/c1-75(2)47-63(48-76(3,4)95-75)103(71-45-73(93-107(91-71)109-69-59-87(25,26)101(37)88(27,28)60-69)105(65-51-79(9,10)97(33)80(11,12)52-65)66-53-81(13,14)98(34)82(15,16)54-66)43-41-39-40-42-44-104(64-49-77(5,6)96-78(7,8)50-64)72-46-74(94-108(92-72)110-70-61-89(29,30)102(38)90(31,32)62-70)106(67-55-83(17,18)99(35)84(19,20)56-67)68-57-85(21,22)100(36)86(23,24)58-68/h45-46,63-70,91-92,95-96H,39-44,47-62H2,1-38H3. The van der Waals surface area contributed by atoms with E-state index in [2.05, 4.69) is 346 Å². The van der Waals surface area contributed by atoms with E-state index in [0.717, 1.165) is 165 Å². The molecule has 10 aliphatic rings. The average Bonchev–Trinajstić information content (AvgIpc) is 0.740. The molecule has 0 bridgehead atoms. The molecular formula is C90H172N18O2. The first-order valence-electron chi connectivity index (χ1n) is 43.9. The first-order chi connectivity index (χ1) is 49.7. The Hall–Kier alpha value is -3.18. The Morgan fingerprint density at radius 3 is 0.700 bits per heavy atom. The molecular weight excluding hydrogens is 1370 g/mol. The molecule has 110 heavy (non-hydrogen) atoms. The van der Waals surface area contributed by atoms with E-state index in [1.54, 1.807) is 0 Å². The van der Waals surface area contributed by atoms with Crippen molar-refractivity contribution in [2.24, 2.45) is 10.2 Å². The molecule has 0 aliphatic carbocycles. The van der Waals surface area contributed by atoms with Crippen molar-refractivity contribution in [3.63, 3.8) is 0 Å². The molecule has 20 nitrogen and oxygen atoms in total. The number of hydrazine groups is 2. The number of hydrazone groups is 2. The largest absolute Gasteiger partial charge is 0.354 e. The van der Waals surface area contributed by atoms with Gasteiger partial charge in [-0.2, -0.15) is 0 Å². The molecule has 0 radical (unpaired) electrons. The maximum atomic E-state index is 7.49. The predicted molar refractivity (Wildman–Crippen MR) is 461 cm³/mol. The molecule has 0 aromatic rings. The molecule has 10 rings (SSSR count). The number of nitrogens with zero attached hydrogens (tertiary/aromatic N) is 14. The molecule has 10 aliphatic heterocycles. The third kappa shape index (κ3) is 19.3. The van der Waals surface area contributed by atoms with Crippen LogP contribution in [-0.4, -0.2) is 264 Å². The first kappa shape index (κ1) is 89.2. The van der Waals surface area contributed by atoms with Crippen LogP contribution in [-0.2, 0) is 9.68 Å². The second kappa shape index (κ2) is 30.0. The Labute approximate surface area is 675 Å². The third-order valence-electron chi connectivity index (χ3n) is 31.0. The van der Waals surface area contributed by atoms with Crippen LogP contribution in [0.2, 0.25) is 0 Å². The molecule has 0 amide bonds. The summed E-state index contributed by atoms with van der Waals surface area (Å²) < 4.78 is 0. The van der Waals surface area contributed by atoms with Crippen LogP contribution < -0.4 is 21.5 Å². The molecule has 634 valence electrons. The summed E-state index contributed by atoms with van der Waals surface area (Å²) in [6, 6.07) is 1.46. The molecule has 0 unspecified atom stereocenters. The fourth-order valence-electron chi connectivity index (χ4n) is 24.7. The lowest BCUT2D eigenvalue weighted by molar-refractivity contribution is -0.256. The van der Waals surface area contributed by atoms with Crippen LogP contribution in [0.1, 0.15) is 350 Å². The van der Waals surface area contributed by atoms with E-state index in [1.165, 1.54) is 0 Å². The molecule has 20 heteroatoms. The highest BCUT2D eigenvalue weighted by atomic mass is 16.8. The summed E-state index contributed by atoms with van der Waals surface area (Å²) in [6.07, 6.45) is 25.0. The van der Waals surface area contributed by atoms with Gasteiger partial charge in [0.05, 0.1) is 12.2 Å². The van der Waals surface area contributed by atoms with Gasteiger partial charge in [-0.05, 0) is 379 Å². The molecule has 10 heterocycles. The van der Waals surface area contributed by atoms with Gasteiger partial charge in [-0.1, -0.05) is 23.4 Å². The van der Waals surface area contributed by atoms with E-state index in [0.29, 0.717) is 0 Å². The van der Waals surface area contributed by atoms with Gasteiger partial charge in [-0.3, -0.25) is 29.4 Å². The van der Waals surface area contributed by atoms with Gasteiger partial charge >= 0.3 is 0 Å². The lowest BCUT2D eigenvalue weighted by Gasteiger charge is -2.60. The number of likely N-dealkylation sites (tertiary alicyclic amines) is 6. The fraction of sp³-hybridized carbons (Fsp3) is 0.933. The van der Waals surface area contributed by atoms with Crippen molar-refractivity contribution in [2.75, 3.05) is 55.4 Å². The predicted octanol–water partition coefficient (Wildman–Crippen LogP) is 16.1. The van der Waals surface area contributed by atoms with Gasteiger partial charge in [0.15, 0.2) is 11.7 Å². The van der Waals surface area contributed by atoms with Crippen molar-refractivity contribution in [1.82, 2.24) is 81.0 Å². The smallest absolute Gasteiger partial charge is 0.157 e. The van der Waals surface area contributed by atoms with Crippen molar-refractivity contribution < 1.29 is 9.68 Å². The van der Waals surface area contributed by atoms with Gasteiger partial charge in [-0.25, -0.2) is 20.5 Å². The zero-order valence-corrected chi connectivity index (χ0v) is 78.4. The number of unbranched alkanes of at least 4 members (excludes halogenated alkanes) is 3. The number of piperidine rings is 8. The van der Waals surface area contributed by atoms with Gasteiger partial charge in [0.25, 0.3) is 0 Å². The molecule has 0 aromatic carbocycles. The summed E-state index contributed by atoms with van der Waals surface area (Å²) in [6.45, 7) is 79.9. The number of rotatable bonds is 19. The summed E-state index contributed by atoms with van der Waals surface area (Å²) >= 11 is 0. The summed E-state index contributed by atoms with van der Waals surface area (Å²) in [7, 11) is 14.0. The molecule has 0 aromatic heterocycles. The van der Waals surface area contributed by atoms with Gasteiger partial charge in [0, 0.05) is 150 Å². The van der Waals surface area contributed by atoms with E-state index in [4.69, 9.17) is 19.9 Å². The van der Waals surface area contributed by atoms with E-state index < -0.39 is 0 Å². The average molecular weight is 1540 g/mol. The highest BCUT2D eigenvalue weighted by molar-refractivity contribution is 5.95.